The van der Waals surface area contributed by atoms with E-state index < -0.39 is 0 Å². The van der Waals surface area contributed by atoms with Gasteiger partial charge in [0.1, 0.15) is 5.75 Å². The summed E-state index contributed by atoms with van der Waals surface area (Å²) in [5.41, 5.74) is 2.57. The minimum Gasteiger partial charge on any atom is -0.497 e. The van der Waals surface area contributed by atoms with Gasteiger partial charge in [-0.2, -0.15) is 0 Å². The van der Waals surface area contributed by atoms with E-state index in [0.717, 1.165) is 31.9 Å². The van der Waals surface area contributed by atoms with Crippen LogP contribution in [0.25, 0.3) is 0 Å². The van der Waals surface area contributed by atoms with Gasteiger partial charge in [-0.25, -0.2) is 0 Å². The van der Waals surface area contributed by atoms with Crippen LogP contribution in [0.3, 0.4) is 0 Å². The molecule has 4 heteroatoms. The topological polar surface area (TPSA) is 28.6 Å². The number of aromatic nitrogens is 1. The zero-order valence-electron chi connectivity index (χ0n) is 15.4. The molecule has 1 aromatic carbocycles. The third-order valence-electron chi connectivity index (χ3n) is 5.04. The van der Waals surface area contributed by atoms with Crippen molar-refractivity contribution < 1.29 is 4.74 Å². The number of ether oxygens (including phenoxy) is 1. The van der Waals surface area contributed by atoms with Gasteiger partial charge in [0.2, 0.25) is 0 Å². The minimum atomic E-state index is 0.660. The van der Waals surface area contributed by atoms with Gasteiger partial charge in [0.25, 0.3) is 0 Å². The average Bonchev–Trinajstić information content (AvgIpc) is 3.10. The van der Waals surface area contributed by atoms with E-state index in [-0.39, 0.29) is 0 Å². The van der Waals surface area contributed by atoms with Crippen molar-refractivity contribution in [2.45, 2.75) is 38.9 Å². The van der Waals surface area contributed by atoms with Crippen LogP contribution in [-0.4, -0.2) is 47.6 Å². The van der Waals surface area contributed by atoms with Crippen LogP contribution in [0, 0.1) is 0 Å². The Morgan fingerprint density at radius 3 is 2.80 bits per heavy atom. The molecular weight excluding hydrogens is 310 g/mol. The first kappa shape index (κ1) is 17.9. The van der Waals surface area contributed by atoms with Crippen molar-refractivity contribution in [2.24, 2.45) is 0 Å². The molecule has 1 aromatic heterocycles. The van der Waals surface area contributed by atoms with Gasteiger partial charge in [0.15, 0.2) is 0 Å². The molecule has 25 heavy (non-hydrogen) atoms. The summed E-state index contributed by atoms with van der Waals surface area (Å²) in [7, 11) is 1.73. The van der Waals surface area contributed by atoms with Crippen LogP contribution in [0.5, 0.6) is 5.75 Å². The fraction of sp³-hybridized carbons (Fsp3) is 0.476. The third-order valence-corrected chi connectivity index (χ3v) is 5.04. The number of likely N-dealkylation sites (tertiary alicyclic amines) is 1. The molecule has 0 amide bonds. The molecule has 3 rings (SSSR count). The summed E-state index contributed by atoms with van der Waals surface area (Å²) in [6.45, 7) is 7.61. The number of likely N-dealkylation sites (N-methyl/N-ethyl adjacent to an activating group) is 1. The Morgan fingerprint density at radius 2 is 2.04 bits per heavy atom. The molecule has 1 saturated heterocycles. The van der Waals surface area contributed by atoms with Crippen molar-refractivity contribution in [1.82, 2.24) is 14.8 Å². The molecule has 4 nitrogen and oxygen atoms in total. The average molecular weight is 339 g/mol. The molecular formula is C21H29N3O. The highest BCUT2D eigenvalue weighted by Gasteiger charge is 2.25. The first-order valence-corrected chi connectivity index (χ1v) is 9.26. The molecule has 1 unspecified atom stereocenters. The fourth-order valence-corrected chi connectivity index (χ4v) is 3.78. The maximum absolute atomic E-state index is 5.39. The summed E-state index contributed by atoms with van der Waals surface area (Å²) < 4.78 is 5.39. The molecule has 0 bridgehead atoms. The van der Waals surface area contributed by atoms with E-state index in [0.29, 0.717) is 6.04 Å². The highest BCUT2D eigenvalue weighted by atomic mass is 16.5. The van der Waals surface area contributed by atoms with Crippen LogP contribution in [0.4, 0.5) is 0 Å². The molecule has 0 aliphatic carbocycles. The molecule has 0 spiro atoms. The summed E-state index contributed by atoms with van der Waals surface area (Å²) in [4.78, 5) is 9.44. The third kappa shape index (κ3) is 5.03. The summed E-state index contributed by atoms with van der Waals surface area (Å²) in [5.74, 6) is 0.926. The lowest BCUT2D eigenvalue weighted by Gasteiger charge is -2.30. The second-order valence-electron chi connectivity index (χ2n) is 6.81. The van der Waals surface area contributed by atoms with Gasteiger partial charge in [-0.05, 0) is 55.3 Å². The number of nitrogens with zero attached hydrogens (tertiary/aromatic N) is 3. The monoisotopic (exact) mass is 339 g/mol. The number of hydrogen-bond acceptors (Lipinski definition) is 4. The van der Waals surface area contributed by atoms with Gasteiger partial charge in [0, 0.05) is 38.1 Å². The summed E-state index contributed by atoms with van der Waals surface area (Å²) in [6.07, 6.45) is 6.43. The van der Waals surface area contributed by atoms with Crippen molar-refractivity contribution >= 4 is 0 Å². The SMILES string of the molecule is CCN1CCCC1CN(Cc1cccnc1)Cc1cccc(OC)c1. The van der Waals surface area contributed by atoms with Crippen molar-refractivity contribution in [1.29, 1.82) is 0 Å². The normalized spacial score (nSPS) is 18.0. The molecule has 2 aromatic rings. The molecule has 0 N–H and O–H groups in total. The number of methoxy groups -OCH3 is 1. The van der Waals surface area contributed by atoms with E-state index in [2.05, 4.69) is 46.0 Å². The summed E-state index contributed by atoms with van der Waals surface area (Å²) in [6, 6.07) is 13.3. The Morgan fingerprint density at radius 1 is 1.20 bits per heavy atom. The lowest BCUT2D eigenvalue weighted by Crippen LogP contribution is -2.39. The van der Waals surface area contributed by atoms with Crippen molar-refractivity contribution in [3.63, 3.8) is 0 Å². The van der Waals surface area contributed by atoms with E-state index in [1.165, 1.54) is 30.5 Å². The maximum atomic E-state index is 5.39. The van der Waals surface area contributed by atoms with Crippen molar-refractivity contribution in [3.05, 3.63) is 59.9 Å². The Kier molecular flexibility index (Phi) is 6.42. The van der Waals surface area contributed by atoms with Crippen LogP contribution in [0.15, 0.2) is 48.8 Å². The predicted octanol–water partition coefficient (Wildman–Crippen LogP) is 3.58. The first-order chi connectivity index (χ1) is 12.3. The van der Waals surface area contributed by atoms with E-state index >= 15 is 0 Å². The Bertz CT molecular complexity index is 647. The molecule has 1 fully saturated rings. The van der Waals surface area contributed by atoms with Gasteiger partial charge in [-0.15, -0.1) is 0 Å². The summed E-state index contributed by atoms with van der Waals surface area (Å²) in [5, 5.41) is 0. The number of benzene rings is 1. The smallest absolute Gasteiger partial charge is 0.119 e. The van der Waals surface area contributed by atoms with Crippen molar-refractivity contribution in [2.75, 3.05) is 26.7 Å². The van der Waals surface area contributed by atoms with E-state index in [1.54, 1.807) is 7.11 Å². The molecule has 0 radical (unpaired) electrons. The number of hydrogen-bond donors (Lipinski definition) is 0. The van der Waals surface area contributed by atoms with E-state index in [9.17, 15) is 0 Å². The maximum Gasteiger partial charge on any atom is 0.119 e. The lowest BCUT2D eigenvalue weighted by molar-refractivity contribution is 0.166. The first-order valence-electron chi connectivity index (χ1n) is 9.26. The highest BCUT2D eigenvalue weighted by molar-refractivity contribution is 5.28. The number of rotatable bonds is 8. The van der Waals surface area contributed by atoms with Crippen LogP contribution < -0.4 is 4.74 Å². The van der Waals surface area contributed by atoms with E-state index in [4.69, 9.17) is 4.74 Å². The van der Waals surface area contributed by atoms with Crippen LogP contribution >= 0.6 is 0 Å². The zero-order valence-corrected chi connectivity index (χ0v) is 15.4. The van der Waals surface area contributed by atoms with Crippen LogP contribution in [0.1, 0.15) is 30.9 Å². The Labute approximate surface area is 151 Å². The highest BCUT2D eigenvalue weighted by Crippen LogP contribution is 2.21. The van der Waals surface area contributed by atoms with Gasteiger partial charge < -0.3 is 4.74 Å². The standard InChI is InChI=1S/C21H29N3O/c1-3-24-12-6-9-20(24)17-23(16-19-8-5-11-22-14-19)15-18-7-4-10-21(13-18)25-2/h4-5,7-8,10-11,13-14,20H,3,6,9,12,15-17H2,1-2H3. The second kappa shape index (κ2) is 8.97. The number of pyridine rings is 1. The Balaban J connectivity index is 1.73. The molecule has 1 atom stereocenters. The molecule has 134 valence electrons. The van der Waals surface area contributed by atoms with Crippen LogP contribution in [-0.2, 0) is 13.1 Å². The van der Waals surface area contributed by atoms with Crippen LogP contribution in [0.2, 0.25) is 0 Å². The van der Waals surface area contributed by atoms with Gasteiger partial charge in [-0.3, -0.25) is 14.8 Å². The Hall–Kier alpha value is -1.91. The largest absolute Gasteiger partial charge is 0.497 e. The molecule has 2 heterocycles. The lowest BCUT2D eigenvalue weighted by atomic mass is 10.1. The zero-order chi connectivity index (χ0) is 17.5. The molecule has 1 aliphatic heterocycles. The minimum absolute atomic E-state index is 0.660. The van der Waals surface area contributed by atoms with E-state index in [1.807, 2.05) is 24.5 Å². The second-order valence-corrected chi connectivity index (χ2v) is 6.81. The van der Waals surface area contributed by atoms with Gasteiger partial charge in [0.05, 0.1) is 7.11 Å². The fourth-order valence-electron chi connectivity index (χ4n) is 3.78. The molecule has 0 saturated carbocycles. The molecule has 1 aliphatic rings. The van der Waals surface area contributed by atoms with Gasteiger partial charge >= 0.3 is 0 Å². The van der Waals surface area contributed by atoms with Crippen molar-refractivity contribution in [3.8, 4) is 5.75 Å². The quantitative estimate of drug-likeness (QED) is 0.735. The predicted molar refractivity (Wildman–Crippen MR) is 102 cm³/mol. The van der Waals surface area contributed by atoms with Gasteiger partial charge in [-0.1, -0.05) is 25.1 Å². The summed E-state index contributed by atoms with van der Waals surface area (Å²) >= 11 is 0.